The Morgan fingerprint density at radius 3 is 2.81 bits per heavy atom. The number of carbonyl (C=O) groups excluding carboxylic acids is 1. The predicted octanol–water partition coefficient (Wildman–Crippen LogP) is 3.25. The Kier molecular flexibility index (Phi) is 5.84. The number of carbonyl (C=O) groups is 1. The molecule has 2 aromatic rings. The fraction of sp³-hybridized carbons (Fsp3) is 0.524. The standard InChI is InChI=1S/C21H26N2O4/c24-21(19-14-27-20(23-19)11-15-4-5-15)22-12-16-2-1-3-17(10-16)13-26-18-6-8-25-9-7-18/h1-3,10,14-15,18H,4-9,11-13H2,(H,22,24). The Hall–Kier alpha value is -2.18. The monoisotopic (exact) mass is 370 g/mol. The summed E-state index contributed by atoms with van der Waals surface area (Å²) in [7, 11) is 0. The maximum atomic E-state index is 12.3. The fourth-order valence-corrected chi connectivity index (χ4v) is 3.24. The topological polar surface area (TPSA) is 73.6 Å². The van der Waals surface area contributed by atoms with Crippen LogP contribution in [-0.4, -0.2) is 30.2 Å². The highest BCUT2D eigenvalue weighted by Gasteiger charge is 2.24. The molecule has 1 aromatic heterocycles. The van der Waals surface area contributed by atoms with Gasteiger partial charge in [0.15, 0.2) is 11.6 Å². The summed E-state index contributed by atoms with van der Waals surface area (Å²) in [5.41, 5.74) is 2.50. The van der Waals surface area contributed by atoms with Gasteiger partial charge in [0.05, 0.1) is 12.7 Å². The second-order valence-electron chi connectivity index (χ2n) is 7.40. The third kappa shape index (κ3) is 5.40. The van der Waals surface area contributed by atoms with Crippen molar-refractivity contribution in [3.05, 3.63) is 53.2 Å². The lowest BCUT2D eigenvalue weighted by Gasteiger charge is -2.22. The van der Waals surface area contributed by atoms with Crippen molar-refractivity contribution in [1.82, 2.24) is 10.3 Å². The molecule has 0 atom stereocenters. The molecule has 6 heteroatoms. The molecule has 6 nitrogen and oxygen atoms in total. The molecule has 1 aromatic carbocycles. The van der Waals surface area contributed by atoms with Gasteiger partial charge in [-0.1, -0.05) is 24.3 Å². The average Bonchev–Trinajstić information content (AvgIpc) is 3.40. The molecule has 1 saturated carbocycles. The van der Waals surface area contributed by atoms with Crippen LogP contribution in [0.5, 0.6) is 0 Å². The van der Waals surface area contributed by atoms with E-state index < -0.39 is 0 Å². The largest absolute Gasteiger partial charge is 0.448 e. The molecule has 2 heterocycles. The van der Waals surface area contributed by atoms with Gasteiger partial charge in [-0.3, -0.25) is 4.79 Å². The second-order valence-corrected chi connectivity index (χ2v) is 7.40. The van der Waals surface area contributed by atoms with Crippen LogP contribution in [0.4, 0.5) is 0 Å². The van der Waals surface area contributed by atoms with Crippen molar-refractivity contribution in [2.24, 2.45) is 5.92 Å². The zero-order valence-electron chi connectivity index (χ0n) is 15.5. The molecule has 0 radical (unpaired) electrons. The zero-order valence-corrected chi connectivity index (χ0v) is 15.5. The number of hydrogen-bond donors (Lipinski definition) is 1. The van der Waals surface area contributed by atoms with Crippen molar-refractivity contribution in [1.29, 1.82) is 0 Å². The van der Waals surface area contributed by atoms with Gasteiger partial charge in [-0.25, -0.2) is 4.98 Å². The summed E-state index contributed by atoms with van der Waals surface area (Å²) in [6.45, 7) is 2.59. The summed E-state index contributed by atoms with van der Waals surface area (Å²) in [6.07, 6.45) is 6.94. The van der Waals surface area contributed by atoms with Gasteiger partial charge in [-0.15, -0.1) is 0 Å². The minimum atomic E-state index is -0.204. The van der Waals surface area contributed by atoms with Crippen molar-refractivity contribution in [3.8, 4) is 0 Å². The molecule has 1 amide bonds. The molecule has 2 fully saturated rings. The van der Waals surface area contributed by atoms with E-state index in [-0.39, 0.29) is 12.0 Å². The molecule has 1 aliphatic carbocycles. The third-order valence-corrected chi connectivity index (χ3v) is 5.04. The molecule has 1 N–H and O–H groups in total. The molecule has 27 heavy (non-hydrogen) atoms. The third-order valence-electron chi connectivity index (χ3n) is 5.04. The smallest absolute Gasteiger partial charge is 0.273 e. The van der Waals surface area contributed by atoms with Gasteiger partial charge < -0.3 is 19.2 Å². The quantitative estimate of drug-likeness (QED) is 0.772. The molecular formula is C21H26N2O4. The summed E-state index contributed by atoms with van der Waals surface area (Å²) in [4.78, 5) is 16.6. The van der Waals surface area contributed by atoms with E-state index >= 15 is 0 Å². The Labute approximate surface area is 159 Å². The van der Waals surface area contributed by atoms with Gasteiger partial charge in [0.1, 0.15) is 6.26 Å². The van der Waals surface area contributed by atoms with E-state index in [9.17, 15) is 4.79 Å². The first-order chi connectivity index (χ1) is 13.3. The summed E-state index contributed by atoms with van der Waals surface area (Å²) < 4.78 is 16.7. The first kappa shape index (κ1) is 18.2. The first-order valence-corrected chi connectivity index (χ1v) is 9.76. The highest BCUT2D eigenvalue weighted by molar-refractivity contribution is 5.91. The van der Waals surface area contributed by atoms with Crippen LogP contribution in [0.15, 0.2) is 34.9 Å². The van der Waals surface area contributed by atoms with E-state index in [1.807, 2.05) is 18.2 Å². The predicted molar refractivity (Wildman–Crippen MR) is 99.2 cm³/mol. The SMILES string of the molecule is O=C(NCc1cccc(COC2CCOCC2)c1)c1coc(CC2CC2)n1. The van der Waals surface area contributed by atoms with Crippen LogP contribution in [-0.2, 0) is 29.0 Å². The lowest BCUT2D eigenvalue weighted by Crippen LogP contribution is -2.24. The van der Waals surface area contributed by atoms with Crippen molar-refractivity contribution in [2.45, 2.75) is 51.4 Å². The minimum absolute atomic E-state index is 0.204. The van der Waals surface area contributed by atoms with Gasteiger partial charge in [-0.05, 0) is 42.7 Å². The zero-order chi connectivity index (χ0) is 18.5. The van der Waals surface area contributed by atoms with E-state index in [2.05, 4.69) is 16.4 Å². The van der Waals surface area contributed by atoms with Gasteiger partial charge in [0.2, 0.25) is 0 Å². The number of amides is 1. The average molecular weight is 370 g/mol. The number of rotatable bonds is 8. The number of ether oxygens (including phenoxy) is 2. The number of aromatic nitrogens is 1. The van der Waals surface area contributed by atoms with Crippen LogP contribution < -0.4 is 5.32 Å². The van der Waals surface area contributed by atoms with Gasteiger partial charge in [0.25, 0.3) is 5.91 Å². The van der Waals surface area contributed by atoms with Crippen LogP contribution in [0, 0.1) is 5.92 Å². The Morgan fingerprint density at radius 1 is 1.19 bits per heavy atom. The molecule has 2 aliphatic rings. The van der Waals surface area contributed by atoms with Crippen molar-refractivity contribution >= 4 is 5.91 Å². The van der Waals surface area contributed by atoms with E-state index in [0.29, 0.717) is 30.7 Å². The van der Waals surface area contributed by atoms with Crippen LogP contribution in [0.2, 0.25) is 0 Å². The maximum absolute atomic E-state index is 12.3. The summed E-state index contributed by atoms with van der Waals surface area (Å²) in [5.74, 6) is 1.14. The second kappa shape index (κ2) is 8.67. The molecule has 4 rings (SSSR count). The molecule has 0 unspecified atom stereocenters. The van der Waals surface area contributed by atoms with Crippen LogP contribution in [0.1, 0.15) is 53.2 Å². The fourth-order valence-electron chi connectivity index (χ4n) is 3.24. The highest BCUT2D eigenvalue weighted by atomic mass is 16.5. The van der Waals surface area contributed by atoms with E-state index in [0.717, 1.165) is 43.6 Å². The molecule has 0 spiro atoms. The molecule has 1 saturated heterocycles. The van der Waals surface area contributed by atoms with E-state index in [4.69, 9.17) is 13.9 Å². The Morgan fingerprint density at radius 2 is 2.00 bits per heavy atom. The van der Waals surface area contributed by atoms with Gasteiger partial charge in [0, 0.05) is 26.2 Å². The van der Waals surface area contributed by atoms with Crippen LogP contribution in [0.25, 0.3) is 0 Å². The van der Waals surface area contributed by atoms with Crippen molar-refractivity contribution < 1.29 is 18.7 Å². The number of benzene rings is 1. The Bertz CT molecular complexity index is 763. The van der Waals surface area contributed by atoms with Crippen LogP contribution in [0.3, 0.4) is 0 Å². The summed E-state index contributed by atoms with van der Waals surface area (Å²) in [5, 5.41) is 2.91. The van der Waals surface area contributed by atoms with Crippen molar-refractivity contribution in [3.63, 3.8) is 0 Å². The van der Waals surface area contributed by atoms with Crippen LogP contribution >= 0.6 is 0 Å². The lowest BCUT2D eigenvalue weighted by atomic mass is 10.1. The molecule has 0 bridgehead atoms. The van der Waals surface area contributed by atoms with Gasteiger partial charge >= 0.3 is 0 Å². The molecule has 144 valence electrons. The number of oxazole rings is 1. The molecule has 1 aliphatic heterocycles. The highest BCUT2D eigenvalue weighted by Crippen LogP contribution is 2.32. The number of nitrogens with one attached hydrogen (secondary N) is 1. The molecular weight excluding hydrogens is 344 g/mol. The number of hydrogen-bond acceptors (Lipinski definition) is 5. The normalized spacial score (nSPS) is 17.8. The first-order valence-electron chi connectivity index (χ1n) is 9.76. The summed E-state index contributed by atoms with van der Waals surface area (Å²) in [6, 6.07) is 8.11. The van der Waals surface area contributed by atoms with Gasteiger partial charge in [-0.2, -0.15) is 0 Å². The Balaban J connectivity index is 1.26. The van der Waals surface area contributed by atoms with Crippen molar-refractivity contribution in [2.75, 3.05) is 13.2 Å². The number of nitrogens with zero attached hydrogens (tertiary/aromatic N) is 1. The minimum Gasteiger partial charge on any atom is -0.448 e. The maximum Gasteiger partial charge on any atom is 0.273 e. The van der Waals surface area contributed by atoms with E-state index in [1.54, 1.807) is 0 Å². The lowest BCUT2D eigenvalue weighted by molar-refractivity contribution is -0.0390. The van der Waals surface area contributed by atoms with E-state index in [1.165, 1.54) is 19.1 Å². The summed E-state index contributed by atoms with van der Waals surface area (Å²) >= 11 is 0.